The highest BCUT2D eigenvalue weighted by molar-refractivity contribution is 6.83. The molecular weight excluding hydrogens is 514 g/mol. The summed E-state index contributed by atoms with van der Waals surface area (Å²) in [6.45, 7) is 0. The van der Waals surface area contributed by atoms with Gasteiger partial charge in [0.15, 0.2) is 0 Å². The van der Waals surface area contributed by atoms with E-state index >= 15 is 0 Å². The molecule has 10 rings (SSSR count). The van der Waals surface area contributed by atoms with E-state index in [2.05, 4.69) is 137 Å². The molecule has 4 aliphatic rings. The van der Waals surface area contributed by atoms with E-state index in [-0.39, 0.29) is 14.1 Å². The van der Waals surface area contributed by atoms with Crippen molar-refractivity contribution in [1.82, 2.24) is 0 Å². The van der Waals surface area contributed by atoms with E-state index < -0.39 is 0 Å². The third-order valence-corrected chi connectivity index (χ3v) is 9.06. The van der Waals surface area contributed by atoms with Crippen LogP contribution in [0.2, 0.25) is 0 Å². The summed E-state index contributed by atoms with van der Waals surface area (Å²) in [5, 5.41) is 0. The van der Waals surface area contributed by atoms with Crippen LogP contribution < -0.4 is 29.9 Å². The first-order valence-corrected chi connectivity index (χ1v) is 14.4. The third kappa shape index (κ3) is 2.79. The maximum atomic E-state index is 6.97. The minimum atomic E-state index is -0.318. The molecule has 0 fully saturated rings. The molecule has 0 unspecified atom stereocenters. The van der Waals surface area contributed by atoms with Crippen molar-refractivity contribution in [1.29, 1.82) is 0 Å². The first-order chi connectivity index (χ1) is 20.9. The Morgan fingerprint density at radius 2 is 0.857 bits per heavy atom. The molecule has 6 heteroatoms. The number of fused-ring (bicyclic) bond motifs is 4. The molecule has 4 aliphatic heterocycles. The zero-order valence-electron chi connectivity index (χ0n) is 22.6. The van der Waals surface area contributed by atoms with E-state index in [1.807, 2.05) is 6.07 Å². The van der Waals surface area contributed by atoms with Crippen LogP contribution in [0.25, 0.3) is 33.4 Å². The van der Waals surface area contributed by atoms with Gasteiger partial charge in [0.2, 0.25) is 0 Å². The number of nitrogens with zero attached hydrogens (tertiary/aromatic N) is 2. The topological polar surface area (TPSA) is 24.9 Å². The number of anilines is 4. The summed E-state index contributed by atoms with van der Waals surface area (Å²) < 4.78 is 13.9. The fourth-order valence-corrected chi connectivity index (χ4v) is 7.42. The molecule has 4 heterocycles. The highest BCUT2D eigenvalue weighted by Crippen LogP contribution is 2.53. The summed E-state index contributed by atoms with van der Waals surface area (Å²) >= 11 is 0. The molecule has 42 heavy (non-hydrogen) atoms. The summed E-state index contributed by atoms with van der Waals surface area (Å²) in [6.07, 6.45) is 0. The largest absolute Gasteiger partial charge is 0.537 e. The van der Waals surface area contributed by atoms with Gasteiger partial charge in [0.05, 0.1) is 5.56 Å². The number of hydrogen-bond acceptors (Lipinski definition) is 4. The smallest absolute Gasteiger partial charge is 0.525 e. The molecular formula is C36H22B2N2O2. The third-order valence-electron chi connectivity index (χ3n) is 9.06. The van der Waals surface area contributed by atoms with Crippen LogP contribution in [0.3, 0.4) is 0 Å². The Morgan fingerprint density at radius 3 is 1.36 bits per heavy atom. The Labute approximate surface area is 244 Å². The standard InChI is InChI=1S/C36H22B2N2O2/c1-3-12-23(13-4-1)39-29-18-9-7-16-25(29)27-22-28-26-17-8-10-19-30(26)40(24-14-5-2-6-15-24)38-36(28)34-33-31(41-37(39)35(27)34)20-11-21-32(33)42-38/h1-22H. The van der Waals surface area contributed by atoms with Crippen molar-refractivity contribution in [3.05, 3.63) is 133 Å². The number of benzene rings is 6. The molecule has 194 valence electrons. The van der Waals surface area contributed by atoms with Crippen molar-refractivity contribution in [3.8, 4) is 44.9 Å². The molecule has 0 atom stereocenters. The average molecular weight is 536 g/mol. The monoisotopic (exact) mass is 536 g/mol. The highest BCUT2D eigenvalue weighted by Gasteiger charge is 2.53. The van der Waals surface area contributed by atoms with Gasteiger partial charge in [-0.15, -0.1) is 0 Å². The van der Waals surface area contributed by atoms with Gasteiger partial charge >= 0.3 is 14.1 Å². The summed E-state index contributed by atoms with van der Waals surface area (Å²) in [7, 11) is -0.636. The zero-order chi connectivity index (χ0) is 27.4. The zero-order valence-corrected chi connectivity index (χ0v) is 22.6. The van der Waals surface area contributed by atoms with Gasteiger partial charge in [0.1, 0.15) is 11.5 Å². The molecule has 6 aromatic rings. The molecule has 0 bridgehead atoms. The number of para-hydroxylation sites is 4. The maximum absolute atomic E-state index is 6.97. The SMILES string of the molecule is c1ccc(N2B3Oc4cccc5c4-c4c3c(cc3c4B(O5)N(c4ccccc4)c4ccccc4-3)-c3ccccc32)cc1. The molecule has 0 aliphatic carbocycles. The van der Waals surface area contributed by atoms with Crippen LogP contribution in [0.15, 0.2) is 133 Å². The van der Waals surface area contributed by atoms with Crippen molar-refractivity contribution < 1.29 is 9.31 Å². The van der Waals surface area contributed by atoms with E-state index in [4.69, 9.17) is 9.31 Å². The van der Waals surface area contributed by atoms with Gasteiger partial charge in [0.25, 0.3) is 0 Å². The summed E-state index contributed by atoms with van der Waals surface area (Å²) in [5.41, 5.74) is 14.1. The molecule has 0 N–H and O–H groups in total. The molecule has 0 spiro atoms. The van der Waals surface area contributed by atoms with Crippen LogP contribution in [0.4, 0.5) is 22.7 Å². The Bertz CT molecular complexity index is 1940. The minimum absolute atomic E-state index is 0.318. The van der Waals surface area contributed by atoms with Gasteiger partial charge < -0.3 is 18.9 Å². The molecule has 0 radical (unpaired) electrons. The quantitative estimate of drug-likeness (QED) is 0.219. The maximum Gasteiger partial charge on any atom is 0.525 e. The lowest BCUT2D eigenvalue weighted by atomic mass is 9.51. The Balaban J connectivity index is 1.35. The summed E-state index contributed by atoms with van der Waals surface area (Å²) in [5.74, 6) is 1.71. The number of rotatable bonds is 2. The Hall–Kier alpha value is -5.35. The van der Waals surface area contributed by atoms with Crippen LogP contribution in [-0.4, -0.2) is 14.1 Å². The van der Waals surface area contributed by atoms with E-state index in [0.717, 1.165) is 39.8 Å². The summed E-state index contributed by atoms with van der Waals surface area (Å²) in [6, 6.07) is 47.2. The summed E-state index contributed by atoms with van der Waals surface area (Å²) in [4.78, 5) is 4.71. The first-order valence-electron chi connectivity index (χ1n) is 14.4. The van der Waals surface area contributed by atoms with Crippen LogP contribution in [0, 0.1) is 0 Å². The average Bonchev–Trinajstić information content (AvgIpc) is 3.05. The van der Waals surface area contributed by atoms with Crippen molar-refractivity contribution >= 4 is 47.8 Å². The van der Waals surface area contributed by atoms with Gasteiger partial charge in [-0.1, -0.05) is 78.9 Å². The molecule has 0 saturated carbocycles. The van der Waals surface area contributed by atoms with Crippen LogP contribution in [0.5, 0.6) is 11.5 Å². The van der Waals surface area contributed by atoms with Gasteiger partial charge in [-0.3, -0.25) is 0 Å². The van der Waals surface area contributed by atoms with Crippen molar-refractivity contribution in [2.45, 2.75) is 0 Å². The normalized spacial score (nSPS) is 14.4. The van der Waals surface area contributed by atoms with Crippen molar-refractivity contribution in [2.24, 2.45) is 0 Å². The minimum Gasteiger partial charge on any atom is -0.537 e. The van der Waals surface area contributed by atoms with E-state index in [1.165, 1.54) is 38.7 Å². The van der Waals surface area contributed by atoms with Gasteiger partial charge in [-0.25, -0.2) is 0 Å². The molecule has 0 amide bonds. The molecule has 4 nitrogen and oxygen atoms in total. The predicted molar refractivity (Wildman–Crippen MR) is 172 cm³/mol. The van der Waals surface area contributed by atoms with Crippen molar-refractivity contribution in [3.63, 3.8) is 0 Å². The molecule has 0 aromatic heterocycles. The van der Waals surface area contributed by atoms with Crippen LogP contribution in [-0.2, 0) is 0 Å². The van der Waals surface area contributed by atoms with Crippen LogP contribution >= 0.6 is 0 Å². The highest BCUT2D eigenvalue weighted by atomic mass is 16.5. The van der Waals surface area contributed by atoms with E-state index in [1.54, 1.807) is 0 Å². The lowest BCUT2D eigenvalue weighted by Crippen LogP contribution is -2.62. The van der Waals surface area contributed by atoms with Gasteiger partial charge in [-0.2, -0.15) is 0 Å². The first kappa shape index (κ1) is 22.4. The lowest BCUT2D eigenvalue weighted by Gasteiger charge is -2.46. The van der Waals surface area contributed by atoms with Crippen LogP contribution in [0.1, 0.15) is 0 Å². The fraction of sp³-hybridized carbons (Fsp3) is 0. The fourth-order valence-electron chi connectivity index (χ4n) is 7.42. The van der Waals surface area contributed by atoms with Gasteiger partial charge in [0, 0.05) is 44.8 Å². The van der Waals surface area contributed by atoms with E-state index in [0.29, 0.717) is 0 Å². The molecule has 6 aromatic carbocycles. The molecule has 0 saturated heterocycles. The van der Waals surface area contributed by atoms with E-state index in [9.17, 15) is 0 Å². The Kier molecular flexibility index (Phi) is 4.32. The second-order valence-electron chi connectivity index (χ2n) is 11.2. The predicted octanol–water partition coefficient (Wildman–Crippen LogP) is 7.17. The lowest BCUT2D eigenvalue weighted by molar-refractivity contribution is 0.549. The number of hydrogen-bond donors (Lipinski definition) is 0. The second-order valence-corrected chi connectivity index (χ2v) is 11.2. The van der Waals surface area contributed by atoms with Crippen molar-refractivity contribution in [2.75, 3.05) is 9.62 Å². The Morgan fingerprint density at radius 1 is 0.405 bits per heavy atom. The van der Waals surface area contributed by atoms with Gasteiger partial charge in [-0.05, 0) is 71.3 Å². The second kappa shape index (κ2) is 8.11.